The monoisotopic (exact) mass is 175 g/mol. The first-order valence-electron chi connectivity index (χ1n) is 4.66. The molecule has 0 unspecified atom stereocenters. The summed E-state index contributed by atoms with van der Waals surface area (Å²) < 4.78 is 0. The molecule has 1 aliphatic heterocycles. The number of nitrogens with one attached hydrogen (secondary N) is 1. The van der Waals surface area contributed by atoms with Crippen LogP contribution in [0.25, 0.3) is 0 Å². The fourth-order valence-electron chi connectivity index (χ4n) is 1.79. The van der Waals surface area contributed by atoms with Crippen LogP contribution in [-0.2, 0) is 11.2 Å². The van der Waals surface area contributed by atoms with Crippen LogP contribution < -0.4 is 5.32 Å². The zero-order valence-corrected chi connectivity index (χ0v) is 7.76. The lowest BCUT2D eigenvalue weighted by Crippen LogP contribution is -2.09. The predicted octanol–water partition coefficient (Wildman–Crippen LogP) is 2.27. The van der Waals surface area contributed by atoms with E-state index >= 15 is 0 Å². The molecule has 1 N–H and O–H groups in total. The molecule has 2 heteroatoms. The molecule has 2 nitrogen and oxygen atoms in total. The van der Waals surface area contributed by atoms with Crippen molar-refractivity contribution in [3.63, 3.8) is 0 Å². The van der Waals surface area contributed by atoms with E-state index in [-0.39, 0.29) is 5.91 Å². The van der Waals surface area contributed by atoms with E-state index in [1.807, 2.05) is 12.1 Å². The van der Waals surface area contributed by atoms with E-state index in [0.29, 0.717) is 6.42 Å². The smallest absolute Gasteiger partial charge is 0.224 e. The Labute approximate surface area is 78.0 Å². The van der Waals surface area contributed by atoms with Crippen molar-refractivity contribution in [1.82, 2.24) is 0 Å². The first kappa shape index (κ1) is 8.30. The molecule has 1 aromatic rings. The third kappa shape index (κ3) is 1.57. The van der Waals surface area contributed by atoms with Gasteiger partial charge in [-0.1, -0.05) is 12.1 Å². The van der Waals surface area contributed by atoms with Gasteiger partial charge >= 0.3 is 0 Å². The average Bonchev–Trinajstić information content (AvgIpc) is 2.27. The first-order chi connectivity index (χ1) is 6.27. The summed E-state index contributed by atoms with van der Waals surface area (Å²) >= 11 is 0. The van der Waals surface area contributed by atoms with Gasteiger partial charge in [0.2, 0.25) is 5.91 Å². The van der Waals surface area contributed by atoms with Crippen molar-refractivity contribution in [3.8, 4) is 0 Å². The van der Waals surface area contributed by atoms with Crippen molar-refractivity contribution in [2.75, 3.05) is 5.32 Å². The molecular weight excluding hydrogens is 162 g/mol. The molecule has 0 saturated heterocycles. The summed E-state index contributed by atoms with van der Waals surface area (Å²) in [7, 11) is 0. The quantitative estimate of drug-likeness (QED) is 0.644. The van der Waals surface area contributed by atoms with Gasteiger partial charge in [-0.05, 0) is 37.0 Å². The summed E-state index contributed by atoms with van der Waals surface area (Å²) in [5.41, 5.74) is 3.58. The number of carbonyl (C=O) groups excluding carboxylic acids is 1. The van der Waals surface area contributed by atoms with Gasteiger partial charge in [-0.2, -0.15) is 0 Å². The van der Waals surface area contributed by atoms with Crippen molar-refractivity contribution in [1.29, 1.82) is 0 Å². The average molecular weight is 175 g/mol. The summed E-state index contributed by atoms with van der Waals surface area (Å²) in [5.74, 6) is 0.143. The van der Waals surface area contributed by atoms with E-state index < -0.39 is 0 Å². The zero-order chi connectivity index (χ0) is 9.26. The van der Waals surface area contributed by atoms with Crippen LogP contribution in [0.5, 0.6) is 0 Å². The summed E-state index contributed by atoms with van der Waals surface area (Å²) in [5, 5.41) is 2.92. The summed E-state index contributed by atoms with van der Waals surface area (Å²) in [6.07, 6.45) is 2.62. The van der Waals surface area contributed by atoms with E-state index in [4.69, 9.17) is 0 Å². The molecule has 0 atom stereocenters. The second-order valence-corrected chi connectivity index (χ2v) is 3.50. The fourth-order valence-corrected chi connectivity index (χ4v) is 1.79. The van der Waals surface area contributed by atoms with Crippen LogP contribution in [-0.4, -0.2) is 5.91 Å². The predicted molar refractivity (Wildman–Crippen MR) is 52.7 cm³/mol. The largest absolute Gasteiger partial charge is 0.326 e. The van der Waals surface area contributed by atoms with Crippen LogP contribution in [0.2, 0.25) is 0 Å². The first-order valence-corrected chi connectivity index (χ1v) is 4.66. The Morgan fingerprint density at radius 2 is 2.15 bits per heavy atom. The highest BCUT2D eigenvalue weighted by Crippen LogP contribution is 2.24. The van der Waals surface area contributed by atoms with Gasteiger partial charge in [0.15, 0.2) is 0 Å². The Morgan fingerprint density at radius 1 is 1.31 bits per heavy atom. The molecule has 0 aliphatic carbocycles. The summed E-state index contributed by atoms with van der Waals surface area (Å²) in [6.45, 7) is 2.09. The number of hydrogen-bond acceptors (Lipinski definition) is 1. The molecule has 68 valence electrons. The Kier molecular flexibility index (Phi) is 2.05. The normalized spacial score (nSPS) is 15.9. The van der Waals surface area contributed by atoms with Crippen molar-refractivity contribution >= 4 is 11.6 Å². The van der Waals surface area contributed by atoms with Crippen LogP contribution in [0, 0.1) is 6.92 Å². The SMILES string of the molecule is Cc1cccc2c1CCCC(=O)N2. The minimum absolute atomic E-state index is 0.143. The molecule has 0 fully saturated rings. The van der Waals surface area contributed by atoms with Crippen LogP contribution in [0.1, 0.15) is 24.0 Å². The molecule has 13 heavy (non-hydrogen) atoms. The molecular formula is C11H13NO. The van der Waals surface area contributed by atoms with Crippen molar-refractivity contribution in [3.05, 3.63) is 29.3 Å². The third-order valence-electron chi connectivity index (χ3n) is 2.51. The van der Waals surface area contributed by atoms with Crippen molar-refractivity contribution in [2.45, 2.75) is 26.2 Å². The topological polar surface area (TPSA) is 29.1 Å². The number of fused-ring (bicyclic) bond motifs is 1. The Balaban J connectivity index is 2.45. The molecule has 1 aliphatic rings. The van der Waals surface area contributed by atoms with Gasteiger partial charge in [0.05, 0.1) is 0 Å². The minimum Gasteiger partial charge on any atom is -0.326 e. The van der Waals surface area contributed by atoms with Gasteiger partial charge in [0.25, 0.3) is 0 Å². The second-order valence-electron chi connectivity index (χ2n) is 3.50. The van der Waals surface area contributed by atoms with Gasteiger partial charge in [-0.3, -0.25) is 4.79 Å². The molecule has 0 aromatic heterocycles. The highest BCUT2D eigenvalue weighted by Gasteiger charge is 2.13. The van der Waals surface area contributed by atoms with Gasteiger partial charge in [0, 0.05) is 12.1 Å². The fraction of sp³-hybridized carbons (Fsp3) is 0.364. The van der Waals surface area contributed by atoms with E-state index in [0.717, 1.165) is 18.5 Å². The summed E-state index contributed by atoms with van der Waals surface area (Å²) in [6, 6.07) is 6.06. The van der Waals surface area contributed by atoms with Crippen LogP contribution in [0.15, 0.2) is 18.2 Å². The van der Waals surface area contributed by atoms with Gasteiger partial charge in [-0.15, -0.1) is 0 Å². The molecule has 1 aromatic carbocycles. The lowest BCUT2D eigenvalue weighted by atomic mass is 10.0. The Bertz CT molecular complexity index is 344. The van der Waals surface area contributed by atoms with Crippen LogP contribution in [0.3, 0.4) is 0 Å². The third-order valence-corrected chi connectivity index (χ3v) is 2.51. The molecule has 0 radical (unpaired) electrons. The van der Waals surface area contributed by atoms with Crippen molar-refractivity contribution < 1.29 is 4.79 Å². The molecule has 1 heterocycles. The number of hydrogen-bond donors (Lipinski definition) is 1. The number of rotatable bonds is 0. The van der Waals surface area contributed by atoms with E-state index in [2.05, 4.69) is 18.3 Å². The summed E-state index contributed by atoms with van der Waals surface area (Å²) in [4.78, 5) is 11.2. The minimum atomic E-state index is 0.143. The van der Waals surface area contributed by atoms with E-state index in [1.165, 1.54) is 11.1 Å². The van der Waals surface area contributed by atoms with Crippen LogP contribution in [0.4, 0.5) is 5.69 Å². The molecule has 0 saturated carbocycles. The maximum absolute atomic E-state index is 11.2. The number of aryl methyl sites for hydroxylation is 1. The highest BCUT2D eigenvalue weighted by atomic mass is 16.1. The molecule has 0 spiro atoms. The maximum atomic E-state index is 11.2. The lowest BCUT2D eigenvalue weighted by molar-refractivity contribution is -0.116. The molecule has 1 amide bonds. The van der Waals surface area contributed by atoms with Gasteiger partial charge < -0.3 is 5.32 Å². The highest BCUT2D eigenvalue weighted by molar-refractivity contribution is 5.92. The lowest BCUT2D eigenvalue weighted by Gasteiger charge is -2.08. The number of anilines is 1. The number of carbonyl (C=O) groups is 1. The van der Waals surface area contributed by atoms with Crippen molar-refractivity contribution in [2.24, 2.45) is 0 Å². The Morgan fingerprint density at radius 3 is 3.00 bits per heavy atom. The standard InChI is InChI=1S/C11H13NO/c1-8-4-2-6-10-9(8)5-3-7-11(13)12-10/h2,4,6H,3,5,7H2,1H3,(H,12,13). The molecule has 0 bridgehead atoms. The number of amides is 1. The van der Waals surface area contributed by atoms with E-state index in [9.17, 15) is 4.79 Å². The maximum Gasteiger partial charge on any atom is 0.224 e. The Hall–Kier alpha value is -1.31. The van der Waals surface area contributed by atoms with Gasteiger partial charge in [0.1, 0.15) is 0 Å². The number of benzene rings is 1. The van der Waals surface area contributed by atoms with Crippen LogP contribution >= 0.6 is 0 Å². The van der Waals surface area contributed by atoms with Gasteiger partial charge in [-0.25, -0.2) is 0 Å². The molecule has 2 rings (SSSR count). The second kappa shape index (κ2) is 3.21. The zero-order valence-electron chi connectivity index (χ0n) is 7.76. The van der Waals surface area contributed by atoms with E-state index in [1.54, 1.807) is 0 Å².